The third-order valence-electron chi connectivity index (χ3n) is 3.20. The summed E-state index contributed by atoms with van der Waals surface area (Å²) in [6.45, 7) is 7.01. The molecule has 2 rings (SSSR count). The number of hydrogen-bond acceptors (Lipinski definition) is 3. The number of nitrogens with two attached hydrogens (primary N) is 1. The number of nitrogens with zero attached hydrogens (tertiary/aromatic N) is 2. The van der Waals surface area contributed by atoms with E-state index in [9.17, 15) is 0 Å². The predicted molar refractivity (Wildman–Crippen MR) is 81.1 cm³/mol. The highest BCUT2D eigenvalue weighted by Crippen LogP contribution is 2.23. The molecule has 0 aliphatic carbocycles. The topological polar surface area (TPSA) is 53.1 Å². The second-order valence-corrected chi connectivity index (χ2v) is 5.35. The Hall–Kier alpha value is -1.81. The van der Waals surface area contributed by atoms with E-state index >= 15 is 0 Å². The lowest BCUT2D eigenvalue weighted by molar-refractivity contribution is 0.340. The average Bonchev–Trinajstić information content (AvgIpc) is 2.88. The molecule has 0 fully saturated rings. The van der Waals surface area contributed by atoms with Crippen LogP contribution in [0.4, 0.5) is 0 Å². The van der Waals surface area contributed by atoms with Crippen molar-refractivity contribution in [1.82, 2.24) is 9.55 Å². The van der Waals surface area contributed by atoms with Crippen molar-refractivity contribution in [2.75, 3.05) is 6.61 Å². The summed E-state index contributed by atoms with van der Waals surface area (Å²) < 4.78 is 7.50. The van der Waals surface area contributed by atoms with Crippen LogP contribution in [0.25, 0.3) is 5.69 Å². The van der Waals surface area contributed by atoms with E-state index in [0.717, 1.165) is 23.6 Å². The van der Waals surface area contributed by atoms with Crippen LogP contribution in [0.15, 0.2) is 36.8 Å². The van der Waals surface area contributed by atoms with Crippen LogP contribution < -0.4 is 10.5 Å². The second kappa shape index (κ2) is 6.57. The maximum Gasteiger partial charge on any atom is 0.119 e. The minimum absolute atomic E-state index is 0.00377. The summed E-state index contributed by atoms with van der Waals surface area (Å²) >= 11 is 0. The largest absolute Gasteiger partial charge is 0.494 e. The first-order valence-corrected chi connectivity index (χ1v) is 7.12. The molecule has 0 saturated heterocycles. The predicted octanol–water partition coefficient (Wildman–Crippen LogP) is 3.32. The van der Waals surface area contributed by atoms with Crippen molar-refractivity contribution in [3.05, 3.63) is 42.5 Å². The van der Waals surface area contributed by atoms with Gasteiger partial charge in [0.05, 0.1) is 24.8 Å². The van der Waals surface area contributed by atoms with E-state index in [-0.39, 0.29) is 6.04 Å². The van der Waals surface area contributed by atoms with Crippen LogP contribution in [0, 0.1) is 5.92 Å². The molecule has 0 aliphatic heterocycles. The molecule has 0 radical (unpaired) electrons. The molecule has 2 N–H and O–H groups in total. The zero-order chi connectivity index (χ0) is 14.5. The van der Waals surface area contributed by atoms with Crippen LogP contribution in [0.1, 0.15) is 38.9 Å². The molecule has 0 amide bonds. The normalized spacial score (nSPS) is 12.7. The Morgan fingerprint density at radius 3 is 2.55 bits per heavy atom. The van der Waals surface area contributed by atoms with E-state index in [2.05, 4.69) is 18.8 Å². The molecule has 0 saturated carbocycles. The minimum Gasteiger partial charge on any atom is -0.494 e. The molecule has 4 nitrogen and oxygen atoms in total. The Kier molecular flexibility index (Phi) is 4.79. The Balaban J connectivity index is 2.22. The van der Waals surface area contributed by atoms with Gasteiger partial charge in [0.25, 0.3) is 0 Å². The lowest BCUT2D eigenvalue weighted by Crippen LogP contribution is -2.16. The number of ether oxygens (including phenoxy) is 1. The van der Waals surface area contributed by atoms with Crippen LogP contribution in [0.5, 0.6) is 5.75 Å². The van der Waals surface area contributed by atoms with Gasteiger partial charge in [-0.25, -0.2) is 4.98 Å². The molecule has 1 aromatic carbocycles. The molecule has 1 aromatic heterocycles. The van der Waals surface area contributed by atoms with Crippen molar-refractivity contribution < 1.29 is 4.74 Å². The first kappa shape index (κ1) is 14.6. The van der Waals surface area contributed by atoms with E-state index in [0.29, 0.717) is 12.5 Å². The van der Waals surface area contributed by atoms with E-state index in [1.807, 2.05) is 48.3 Å². The van der Waals surface area contributed by atoms with Crippen LogP contribution >= 0.6 is 0 Å². The van der Waals surface area contributed by atoms with Gasteiger partial charge in [0.15, 0.2) is 0 Å². The van der Waals surface area contributed by atoms with E-state index < -0.39 is 0 Å². The van der Waals surface area contributed by atoms with Gasteiger partial charge in [0.2, 0.25) is 0 Å². The quantitative estimate of drug-likeness (QED) is 0.878. The molecule has 1 atom stereocenters. The molecule has 0 bridgehead atoms. The second-order valence-electron chi connectivity index (χ2n) is 5.35. The zero-order valence-corrected chi connectivity index (χ0v) is 12.4. The van der Waals surface area contributed by atoms with Crippen molar-refractivity contribution in [2.45, 2.75) is 33.2 Å². The standard InChI is InChI=1S/C16H23N3O/c1-4-20-14-7-5-13(6-8-14)19-11-18-10-16(19)15(17)9-12(2)3/h5-8,10-12,15H,4,9,17H2,1-3H3. The summed E-state index contributed by atoms with van der Waals surface area (Å²) in [5, 5.41) is 0. The van der Waals surface area contributed by atoms with E-state index in [1.54, 1.807) is 0 Å². The Bertz CT molecular complexity index is 531. The van der Waals surface area contributed by atoms with Crippen LogP contribution in [0.2, 0.25) is 0 Å². The van der Waals surface area contributed by atoms with Gasteiger partial charge < -0.3 is 15.0 Å². The summed E-state index contributed by atoms with van der Waals surface area (Å²) in [6, 6.07) is 7.99. The van der Waals surface area contributed by atoms with Gasteiger partial charge in [-0.3, -0.25) is 0 Å². The van der Waals surface area contributed by atoms with Crippen molar-refractivity contribution in [3.8, 4) is 11.4 Å². The fourth-order valence-corrected chi connectivity index (χ4v) is 2.29. The average molecular weight is 273 g/mol. The fraction of sp³-hybridized carbons (Fsp3) is 0.438. The Labute approximate surface area is 120 Å². The van der Waals surface area contributed by atoms with Gasteiger partial charge in [-0.05, 0) is 43.5 Å². The maximum absolute atomic E-state index is 6.27. The first-order valence-electron chi connectivity index (χ1n) is 7.12. The highest BCUT2D eigenvalue weighted by atomic mass is 16.5. The number of hydrogen-bond donors (Lipinski definition) is 1. The molecule has 1 heterocycles. The van der Waals surface area contributed by atoms with Gasteiger partial charge in [-0.15, -0.1) is 0 Å². The molecular weight excluding hydrogens is 250 g/mol. The van der Waals surface area contributed by atoms with Crippen molar-refractivity contribution >= 4 is 0 Å². The van der Waals surface area contributed by atoms with Gasteiger partial charge in [-0.2, -0.15) is 0 Å². The van der Waals surface area contributed by atoms with Crippen LogP contribution in [-0.2, 0) is 0 Å². The van der Waals surface area contributed by atoms with Crippen LogP contribution in [0.3, 0.4) is 0 Å². The lowest BCUT2D eigenvalue weighted by atomic mass is 10.0. The third kappa shape index (κ3) is 3.39. The third-order valence-corrected chi connectivity index (χ3v) is 3.20. The summed E-state index contributed by atoms with van der Waals surface area (Å²) in [5.74, 6) is 1.44. The minimum atomic E-state index is 0.00377. The number of benzene rings is 1. The van der Waals surface area contributed by atoms with Crippen molar-refractivity contribution in [3.63, 3.8) is 0 Å². The van der Waals surface area contributed by atoms with Gasteiger partial charge >= 0.3 is 0 Å². The van der Waals surface area contributed by atoms with Gasteiger partial charge in [0.1, 0.15) is 5.75 Å². The van der Waals surface area contributed by atoms with Gasteiger partial charge in [0, 0.05) is 11.7 Å². The SMILES string of the molecule is CCOc1ccc(-n2cncc2C(N)CC(C)C)cc1. The molecule has 20 heavy (non-hydrogen) atoms. The molecule has 0 aliphatic rings. The maximum atomic E-state index is 6.27. The zero-order valence-electron chi connectivity index (χ0n) is 12.4. The number of imidazole rings is 1. The van der Waals surface area contributed by atoms with Gasteiger partial charge in [-0.1, -0.05) is 13.8 Å². The molecule has 108 valence electrons. The Morgan fingerprint density at radius 1 is 1.25 bits per heavy atom. The van der Waals surface area contributed by atoms with Crippen LogP contribution in [-0.4, -0.2) is 16.2 Å². The number of aromatic nitrogens is 2. The van der Waals surface area contributed by atoms with E-state index in [1.165, 1.54) is 0 Å². The first-order chi connectivity index (χ1) is 9.61. The molecule has 4 heteroatoms. The number of rotatable bonds is 6. The Morgan fingerprint density at radius 2 is 1.95 bits per heavy atom. The van der Waals surface area contributed by atoms with Crippen molar-refractivity contribution in [1.29, 1.82) is 0 Å². The monoisotopic (exact) mass is 273 g/mol. The lowest BCUT2D eigenvalue weighted by Gasteiger charge is -2.16. The van der Waals surface area contributed by atoms with Crippen molar-refractivity contribution in [2.24, 2.45) is 11.7 Å². The highest BCUT2D eigenvalue weighted by molar-refractivity contribution is 5.39. The fourth-order valence-electron chi connectivity index (χ4n) is 2.29. The summed E-state index contributed by atoms with van der Waals surface area (Å²) in [5.41, 5.74) is 8.37. The highest BCUT2D eigenvalue weighted by Gasteiger charge is 2.14. The summed E-state index contributed by atoms with van der Waals surface area (Å²) in [4.78, 5) is 4.24. The summed E-state index contributed by atoms with van der Waals surface area (Å²) in [6.07, 6.45) is 4.61. The molecular formula is C16H23N3O. The summed E-state index contributed by atoms with van der Waals surface area (Å²) in [7, 11) is 0. The molecule has 0 spiro atoms. The smallest absolute Gasteiger partial charge is 0.119 e. The molecule has 1 unspecified atom stereocenters. The molecule has 2 aromatic rings. The van der Waals surface area contributed by atoms with E-state index in [4.69, 9.17) is 10.5 Å².